The Morgan fingerprint density at radius 1 is 0.720 bits per heavy atom. The Hall–Kier alpha value is -4.31. The standard InChI is InChI=1S/C35H40F2N8O3S2/c1-19(44-13-9-25(10-14-44)40-34-42-32(38)30(49-34)28(47)21-5-3-7-23(36)17-21)27(46)20(2)45-15-11-26(12-16-45)41-35-43-33(39)31(50-35)29(48)22-6-4-8-24(37)18-22/h3-8,17-20,25-26H,9-16,38-39H2,1-2H3,(H,40,42)(H,41,43). The summed E-state index contributed by atoms with van der Waals surface area (Å²) in [5.41, 5.74) is 12.6. The van der Waals surface area contributed by atoms with Crippen LogP contribution in [0.25, 0.3) is 0 Å². The summed E-state index contributed by atoms with van der Waals surface area (Å²) >= 11 is 2.33. The van der Waals surface area contributed by atoms with Gasteiger partial charge in [0.2, 0.25) is 11.6 Å². The van der Waals surface area contributed by atoms with Gasteiger partial charge in [-0.1, -0.05) is 46.9 Å². The van der Waals surface area contributed by atoms with Gasteiger partial charge >= 0.3 is 0 Å². The number of halogens is 2. The number of hydrogen-bond acceptors (Lipinski definition) is 13. The van der Waals surface area contributed by atoms with Crippen molar-refractivity contribution in [2.75, 3.05) is 48.3 Å². The zero-order valence-electron chi connectivity index (χ0n) is 27.8. The molecule has 15 heteroatoms. The molecule has 0 bridgehead atoms. The Kier molecular flexibility index (Phi) is 10.9. The fourth-order valence-electron chi connectivity index (χ4n) is 6.55. The van der Waals surface area contributed by atoms with Gasteiger partial charge in [0.05, 0.1) is 12.1 Å². The first-order chi connectivity index (χ1) is 24.0. The van der Waals surface area contributed by atoms with E-state index < -0.39 is 11.6 Å². The Balaban J connectivity index is 0.953. The van der Waals surface area contributed by atoms with Gasteiger partial charge in [0.1, 0.15) is 33.0 Å². The van der Waals surface area contributed by atoms with Crippen LogP contribution in [0.5, 0.6) is 0 Å². The summed E-state index contributed by atoms with van der Waals surface area (Å²) in [7, 11) is 0. The average molecular weight is 723 g/mol. The maximum atomic E-state index is 13.6. The maximum Gasteiger partial charge on any atom is 0.206 e. The second-order valence-corrected chi connectivity index (χ2v) is 14.8. The summed E-state index contributed by atoms with van der Waals surface area (Å²) in [6.45, 7) is 6.89. The Morgan fingerprint density at radius 3 is 1.46 bits per heavy atom. The van der Waals surface area contributed by atoms with Gasteiger partial charge in [-0.25, -0.2) is 18.7 Å². The van der Waals surface area contributed by atoms with Crippen molar-refractivity contribution in [2.24, 2.45) is 0 Å². The lowest BCUT2D eigenvalue weighted by atomic mass is 9.97. The molecule has 50 heavy (non-hydrogen) atoms. The van der Waals surface area contributed by atoms with Crippen LogP contribution in [-0.4, -0.2) is 87.5 Å². The first kappa shape index (κ1) is 35.5. The van der Waals surface area contributed by atoms with Crippen molar-refractivity contribution in [3.63, 3.8) is 0 Å². The second kappa shape index (κ2) is 15.3. The fraction of sp³-hybridized carbons (Fsp3) is 0.400. The van der Waals surface area contributed by atoms with Crippen molar-refractivity contribution in [3.8, 4) is 0 Å². The molecule has 2 fully saturated rings. The van der Waals surface area contributed by atoms with Crippen LogP contribution in [0.2, 0.25) is 0 Å². The van der Waals surface area contributed by atoms with Crippen molar-refractivity contribution in [2.45, 2.75) is 63.7 Å². The molecule has 0 amide bonds. The van der Waals surface area contributed by atoms with Gasteiger partial charge in [-0.2, -0.15) is 0 Å². The van der Waals surface area contributed by atoms with E-state index in [1.807, 2.05) is 13.8 Å². The van der Waals surface area contributed by atoms with Crippen LogP contribution in [-0.2, 0) is 4.79 Å². The number of nitrogen functional groups attached to an aromatic ring is 2. The van der Waals surface area contributed by atoms with Crippen LogP contribution in [0.15, 0.2) is 48.5 Å². The molecule has 2 unspecified atom stereocenters. The molecule has 0 spiro atoms. The third kappa shape index (κ3) is 8.01. The van der Waals surface area contributed by atoms with Crippen molar-refractivity contribution >= 4 is 61.9 Å². The molecule has 4 heterocycles. The van der Waals surface area contributed by atoms with Gasteiger partial charge in [-0.3, -0.25) is 24.2 Å². The van der Waals surface area contributed by atoms with Gasteiger partial charge in [0.15, 0.2) is 16.0 Å². The number of nitrogens with zero attached hydrogens (tertiary/aromatic N) is 4. The highest BCUT2D eigenvalue weighted by Gasteiger charge is 2.34. The zero-order valence-corrected chi connectivity index (χ0v) is 29.5. The first-order valence-electron chi connectivity index (χ1n) is 16.6. The number of piperidine rings is 2. The van der Waals surface area contributed by atoms with Crippen molar-refractivity contribution in [1.82, 2.24) is 19.8 Å². The number of benzene rings is 2. The number of carbonyl (C=O) groups excluding carboxylic acids is 3. The van der Waals surface area contributed by atoms with Crippen LogP contribution in [0.1, 0.15) is 70.0 Å². The van der Waals surface area contributed by atoms with E-state index in [4.69, 9.17) is 11.5 Å². The Morgan fingerprint density at radius 2 is 1.10 bits per heavy atom. The first-order valence-corrected chi connectivity index (χ1v) is 18.3. The number of ketones is 3. The molecule has 0 aliphatic carbocycles. The van der Waals surface area contributed by atoms with Crippen LogP contribution >= 0.6 is 22.7 Å². The lowest BCUT2D eigenvalue weighted by molar-refractivity contribution is -0.129. The molecule has 2 aromatic heterocycles. The summed E-state index contributed by atoms with van der Waals surface area (Å²) in [5, 5.41) is 7.89. The molecular weight excluding hydrogens is 683 g/mol. The second-order valence-electron chi connectivity index (χ2n) is 12.8. The van der Waals surface area contributed by atoms with Crippen molar-refractivity contribution in [1.29, 1.82) is 0 Å². The largest absolute Gasteiger partial charge is 0.382 e. The van der Waals surface area contributed by atoms with Crippen LogP contribution in [0.4, 0.5) is 30.7 Å². The van der Waals surface area contributed by atoms with E-state index in [9.17, 15) is 23.2 Å². The number of nitrogens with one attached hydrogen (secondary N) is 2. The fourth-order valence-corrected chi connectivity index (χ4v) is 8.40. The van der Waals surface area contributed by atoms with Gasteiger partial charge in [-0.15, -0.1) is 0 Å². The molecule has 264 valence electrons. The lowest BCUT2D eigenvalue weighted by Gasteiger charge is -2.40. The van der Waals surface area contributed by atoms with Gasteiger partial charge < -0.3 is 22.1 Å². The summed E-state index contributed by atoms with van der Waals surface area (Å²) < 4.78 is 27.3. The molecule has 2 aliphatic heterocycles. The van der Waals surface area contributed by atoms with Crippen molar-refractivity contribution in [3.05, 3.63) is 81.0 Å². The van der Waals surface area contributed by atoms with E-state index >= 15 is 0 Å². The normalized spacial score (nSPS) is 17.7. The summed E-state index contributed by atoms with van der Waals surface area (Å²) in [4.78, 5) is 53.0. The molecule has 0 radical (unpaired) electrons. The molecule has 4 aromatic rings. The number of hydrogen-bond donors (Lipinski definition) is 4. The topological polar surface area (TPSA) is 160 Å². The summed E-state index contributed by atoms with van der Waals surface area (Å²) in [5.74, 6) is -1.28. The third-order valence-corrected chi connectivity index (χ3v) is 11.5. The minimum atomic E-state index is -0.488. The minimum absolute atomic E-state index is 0.115. The van der Waals surface area contributed by atoms with E-state index in [-0.39, 0.29) is 74.0 Å². The van der Waals surface area contributed by atoms with Gasteiger partial charge in [0.25, 0.3) is 0 Å². The van der Waals surface area contributed by atoms with E-state index in [0.29, 0.717) is 10.3 Å². The third-order valence-electron chi connectivity index (χ3n) is 9.53. The van der Waals surface area contributed by atoms with Gasteiger partial charge in [-0.05, 0) is 63.8 Å². The van der Waals surface area contributed by atoms with E-state index in [0.717, 1.165) is 51.9 Å². The molecular formula is C35H40F2N8O3S2. The monoisotopic (exact) mass is 722 g/mol. The highest BCUT2D eigenvalue weighted by Crippen LogP contribution is 2.31. The Labute approximate surface area is 297 Å². The molecule has 6 rings (SSSR count). The predicted octanol–water partition coefficient (Wildman–Crippen LogP) is 5.30. The predicted molar refractivity (Wildman–Crippen MR) is 193 cm³/mol. The Bertz CT molecular complexity index is 1740. The van der Waals surface area contributed by atoms with E-state index in [2.05, 4.69) is 30.4 Å². The number of Topliss-reactive ketones (excluding diaryl/α,β-unsaturated/α-hetero) is 1. The number of carbonyl (C=O) groups is 3. The zero-order chi connectivity index (χ0) is 35.5. The number of likely N-dealkylation sites (tertiary alicyclic amines) is 2. The molecule has 6 N–H and O–H groups in total. The van der Waals surface area contributed by atoms with E-state index in [1.54, 1.807) is 12.1 Å². The molecule has 2 atom stereocenters. The maximum absolute atomic E-state index is 13.6. The average Bonchev–Trinajstić information content (AvgIpc) is 3.67. The number of aromatic nitrogens is 2. The minimum Gasteiger partial charge on any atom is -0.382 e. The molecule has 2 aliphatic rings. The highest BCUT2D eigenvalue weighted by molar-refractivity contribution is 7.18. The van der Waals surface area contributed by atoms with Crippen LogP contribution in [0, 0.1) is 11.6 Å². The number of thiazole rings is 2. The smallest absolute Gasteiger partial charge is 0.206 e. The molecule has 2 aromatic carbocycles. The number of anilines is 4. The number of rotatable bonds is 12. The lowest BCUT2D eigenvalue weighted by Crippen LogP contribution is -2.53. The van der Waals surface area contributed by atoms with Crippen LogP contribution < -0.4 is 22.1 Å². The molecule has 11 nitrogen and oxygen atoms in total. The van der Waals surface area contributed by atoms with E-state index in [1.165, 1.54) is 59.1 Å². The number of nitrogens with two attached hydrogens (primary N) is 2. The molecule has 0 saturated carbocycles. The summed E-state index contributed by atoms with van der Waals surface area (Å²) in [6.07, 6.45) is 3.19. The summed E-state index contributed by atoms with van der Waals surface area (Å²) in [6, 6.07) is 10.8. The molecule has 2 saturated heterocycles. The SMILES string of the molecule is CC(C(=O)C(C)N1CCC(Nc2nc(N)c(C(=O)c3cccc(F)c3)s2)CC1)N1CCC(Nc2nc(N)c(C(=O)c3cccc(F)c3)s2)CC1. The van der Waals surface area contributed by atoms with Crippen molar-refractivity contribution < 1.29 is 23.2 Å². The quantitative estimate of drug-likeness (QED) is 0.141. The van der Waals surface area contributed by atoms with Gasteiger partial charge in [0, 0.05) is 49.4 Å². The van der Waals surface area contributed by atoms with Crippen LogP contribution in [0.3, 0.4) is 0 Å². The highest BCUT2D eigenvalue weighted by atomic mass is 32.1.